The van der Waals surface area contributed by atoms with Crippen molar-refractivity contribution in [2.24, 2.45) is 7.05 Å². The molecule has 2 aliphatic rings. The molecule has 0 saturated carbocycles. The van der Waals surface area contributed by atoms with E-state index < -0.39 is 0 Å². The molecule has 0 bridgehead atoms. The van der Waals surface area contributed by atoms with Gasteiger partial charge in [-0.25, -0.2) is 4.79 Å². The molecule has 0 aliphatic carbocycles. The Morgan fingerprint density at radius 3 is 2.96 bits per heavy atom. The smallest absolute Gasteiger partial charge is 0.317 e. The van der Waals surface area contributed by atoms with Gasteiger partial charge in [0.25, 0.3) is 0 Å². The van der Waals surface area contributed by atoms with Crippen LogP contribution in [0.1, 0.15) is 32.6 Å². The van der Waals surface area contributed by atoms with E-state index in [9.17, 15) is 4.79 Å². The number of amides is 2. The Balaban J connectivity index is 1.57. The second kappa shape index (κ2) is 7.01. The van der Waals surface area contributed by atoms with Crippen molar-refractivity contribution >= 4 is 11.8 Å². The van der Waals surface area contributed by atoms with Gasteiger partial charge in [-0.3, -0.25) is 4.68 Å². The summed E-state index contributed by atoms with van der Waals surface area (Å²) in [5.74, 6) is 1.11. The van der Waals surface area contributed by atoms with Crippen LogP contribution in [-0.2, 0) is 11.8 Å². The minimum atomic E-state index is -0.219. The Kier molecular flexibility index (Phi) is 4.99. The zero-order valence-corrected chi connectivity index (χ0v) is 15.0. The molecule has 1 N–H and O–H groups in total. The molecule has 2 saturated heterocycles. The van der Waals surface area contributed by atoms with Gasteiger partial charge >= 0.3 is 6.03 Å². The molecule has 0 unspecified atom stereocenters. The van der Waals surface area contributed by atoms with Gasteiger partial charge in [-0.15, -0.1) is 0 Å². The lowest BCUT2D eigenvalue weighted by Crippen LogP contribution is -2.56. The molecule has 7 heteroatoms. The number of nitrogens with one attached hydrogen (secondary N) is 1. The highest BCUT2D eigenvalue weighted by molar-refractivity contribution is 5.75. The number of methoxy groups -OCH3 is 1. The zero-order chi connectivity index (χ0) is 17.2. The highest BCUT2D eigenvalue weighted by atomic mass is 16.5. The quantitative estimate of drug-likeness (QED) is 0.911. The lowest BCUT2D eigenvalue weighted by atomic mass is 9.95. The van der Waals surface area contributed by atoms with Crippen LogP contribution in [0.4, 0.5) is 10.6 Å². The topological polar surface area (TPSA) is 62.6 Å². The number of rotatable bonds is 3. The first kappa shape index (κ1) is 17.1. The van der Waals surface area contributed by atoms with E-state index >= 15 is 0 Å². The molecule has 0 radical (unpaired) electrons. The predicted molar refractivity (Wildman–Crippen MR) is 93.2 cm³/mol. The van der Waals surface area contributed by atoms with E-state index in [0.717, 1.165) is 51.1 Å². The van der Waals surface area contributed by atoms with E-state index in [1.165, 1.54) is 0 Å². The van der Waals surface area contributed by atoms with E-state index in [4.69, 9.17) is 4.74 Å². The standard InChI is InChI=1S/C17H29N5O2/c1-17(24-3)8-5-11-22(13-17)16(23)19-14-6-4-10-21(12-14)15-7-9-18-20(15)2/h7,9,14H,4-6,8,10-13H2,1-3H3,(H,19,23)/t14-,17+/m0/s1. The van der Waals surface area contributed by atoms with E-state index in [2.05, 4.69) is 22.2 Å². The number of anilines is 1. The molecule has 3 rings (SSSR count). The van der Waals surface area contributed by atoms with E-state index in [1.54, 1.807) is 7.11 Å². The number of aryl methyl sites for hydroxylation is 1. The van der Waals surface area contributed by atoms with Crippen molar-refractivity contribution in [2.45, 2.75) is 44.2 Å². The van der Waals surface area contributed by atoms with Gasteiger partial charge in [-0.05, 0) is 32.6 Å². The van der Waals surface area contributed by atoms with Crippen molar-refractivity contribution in [3.05, 3.63) is 12.3 Å². The molecule has 2 atom stereocenters. The van der Waals surface area contributed by atoms with Gasteiger partial charge < -0.3 is 19.9 Å². The van der Waals surface area contributed by atoms with Crippen molar-refractivity contribution in [2.75, 3.05) is 38.2 Å². The van der Waals surface area contributed by atoms with Gasteiger partial charge in [0.15, 0.2) is 0 Å². The summed E-state index contributed by atoms with van der Waals surface area (Å²) in [4.78, 5) is 16.9. The molecule has 0 aromatic carbocycles. The van der Waals surface area contributed by atoms with Crippen LogP contribution in [0.25, 0.3) is 0 Å². The van der Waals surface area contributed by atoms with Gasteiger partial charge in [-0.2, -0.15) is 5.10 Å². The zero-order valence-electron chi connectivity index (χ0n) is 15.0. The fraction of sp³-hybridized carbons (Fsp3) is 0.765. The molecule has 2 aliphatic heterocycles. The van der Waals surface area contributed by atoms with Crippen LogP contribution >= 0.6 is 0 Å². The molecule has 134 valence electrons. The average molecular weight is 335 g/mol. The molecule has 24 heavy (non-hydrogen) atoms. The van der Waals surface area contributed by atoms with Crippen LogP contribution in [0.5, 0.6) is 0 Å². The molecule has 7 nitrogen and oxygen atoms in total. The van der Waals surface area contributed by atoms with Gasteiger partial charge in [0, 0.05) is 45.9 Å². The lowest BCUT2D eigenvalue weighted by molar-refractivity contribution is -0.0403. The molecule has 3 heterocycles. The average Bonchev–Trinajstić information content (AvgIpc) is 3.01. The molecule has 1 aromatic rings. The summed E-state index contributed by atoms with van der Waals surface area (Å²) in [5, 5.41) is 7.46. The first-order chi connectivity index (χ1) is 11.5. The number of urea groups is 1. The van der Waals surface area contributed by atoms with E-state index in [-0.39, 0.29) is 17.7 Å². The van der Waals surface area contributed by atoms with E-state index in [1.807, 2.05) is 28.9 Å². The van der Waals surface area contributed by atoms with Crippen LogP contribution in [0, 0.1) is 0 Å². The summed E-state index contributed by atoms with van der Waals surface area (Å²) in [7, 11) is 3.69. The summed E-state index contributed by atoms with van der Waals surface area (Å²) in [6.45, 7) is 5.39. The Morgan fingerprint density at radius 2 is 2.25 bits per heavy atom. The number of nitrogens with zero attached hydrogens (tertiary/aromatic N) is 4. The van der Waals surface area contributed by atoms with E-state index in [0.29, 0.717) is 6.54 Å². The fourth-order valence-corrected chi connectivity index (χ4v) is 3.79. The van der Waals surface area contributed by atoms with Gasteiger partial charge in [-0.1, -0.05) is 0 Å². The van der Waals surface area contributed by atoms with Gasteiger partial charge in [0.2, 0.25) is 0 Å². The number of carbonyl (C=O) groups excluding carboxylic acids is 1. The molecular weight excluding hydrogens is 306 g/mol. The first-order valence-electron chi connectivity index (χ1n) is 8.84. The van der Waals surface area contributed by atoms with Crippen molar-refractivity contribution in [1.82, 2.24) is 20.0 Å². The van der Waals surface area contributed by atoms with Crippen LogP contribution in [0.2, 0.25) is 0 Å². The summed E-state index contributed by atoms with van der Waals surface area (Å²) in [6, 6.07) is 2.24. The third-order valence-electron chi connectivity index (χ3n) is 5.31. The Labute approximate surface area is 143 Å². The van der Waals surface area contributed by atoms with Crippen LogP contribution in [0.3, 0.4) is 0 Å². The Bertz CT molecular complexity index is 575. The van der Waals surface area contributed by atoms with Crippen molar-refractivity contribution in [3.63, 3.8) is 0 Å². The van der Waals surface area contributed by atoms with Crippen molar-refractivity contribution in [3.8, 4) is 0 Å². The minimum absolute atomic E-state index is 0.0369. The summed E-state index contributed by atoms with van der Waals surface area (Å²) < 4.78 is 7.48. The number of hydrogen-bond donors (Lipinski definition) is 1. The third-order valence-corrected chi connectivity index (χ3v) is 5.31. The SMILES string of the molecule is CO[C@]1(C)CCCN(C(=O)N[C@H]2CCCN(c3ccnn3C)C2)C1. The maximum atomic E-state index is 12.7. The van der Waals surface area contributed by atoms with Crippen molar-refractivity contribution < 1.29 is 9.53 Å². The van der Waals surface area contributed by atoms with Gasteiger partial charge in [0.05, 0.1) is 18.3 Å². The summed E-state index contributed by atoms with van der Waals surface area (Å²) in [5.41, 5.74) is -0.219. The highest BCUT2D eigenvalue weighted by Gasteiger charge is 2.34. The van der Waals surface area contributed by atoms with Crippen LogP contribution < -0.4 is 10.2 Å². The maximum absolute atomic E-state index is 12.7. The number of ether oxygens (including phenoxy) is 1. The largest absolute Gasteiger partial charge is 0.377 e. The minimum Gasteiger partial charge on any atom is -0.377 e. The monoisotopic (exact) mass is 335 g/mol. The number of aromatic nitrogens is 2. The molecule has 2 amide bonds. The van der Waals surface area contributed by atoms with Crippen LogP contribution in [-0.4, -0.2) is 65.6 Å². The highest BCUT2D eigenvalue weighted by Crippen LogP contribution is 2.24. The number of carbonyl (C=O) groups is 1. The molecule has 0 spiro atoms. The second-order valence-corrected chi connectivity index (χ2v) is 7.23. The number of hydrogen-bond acceptors (Lipinski definition) is 4. The number of likely N-dealkylation sites (tertiary alicyclic amines) is 1. The predicted octanol–water partition coefficient (Wildman–Crippen LogP) is 1.60. The Morgan fingerprint density at radius 1 is 1.42 bits per heavy atom. The normalized spacial score (nSPS) is 28.0. The number of piperidine rings is 2. The van der Waals surface area contributed by atoms with Gasteiger partial charge in [0.1, 0.15) is 5.82 Å². The third kappa shape index (κ3) is 3.66. The maximum Gasteiger partial charge on any atom is 0.317 e. The molecule has 2 fully saturated rings. The second-order valence-electron chi connectivity index (χ2n) is 7.23. The summed E-state index contributed by atoms with van der Waals surface area (Å²) >= 11 is 0. The lowest BCUT2D eigenvalue weighted by Gasteiger charge is -2.41. The Hall–Kier alpha value is -1.76. The molecule has 1 aromatic heterocycles. The van der Waals surface area contributed by atoms with Crippen molar-refractivity contribution in [1.29, 1.82) is 0 Å². The molecular formula is C17H29N5O2. The first-order valence-corrected chi connectivity index (χ1v) is 8.84. The fourth-order valence-electron chi connectivity index (χ4n) is 3.79. The van der Waals surface area contributed by atoms with Crippen LogP contribution in [0.15, 0.2) is 12.3 Å². The summed E-state index contributed by atoms with van der Waals surface area (Å²) in [6.07, 6.45) is 5.91.